The van der Waals surface area contributed by atoms with Gasteiger partial charge < -0.3 is 0 Å². The number of fused-ring (bicyclic) bond motifs is 1. The van der Waals surface area contributed by atoms with E-state index in [0.717, 1.165) is 12.8 Å². The van der Waals surface area contributed by atoms with Crippen molar-refractivity contribution in [3.8, 4) is 0 Å². The molecule has 0 radical (unpaired) electrons. The lowest BCUT2D eigenvalue weighted by Crippen LogP contribution is -2.35. The SMILES string of the molecule is CC1(C)CCC(C)(C)c2c(CCc3nccs3)cccc21. The predicted molar refractivity (Wildman–Crippen MR) is 91.3 cm³/mol. The van der Waals surface area contributed by atoms with E-state index < -0.39 is 0 Å². The van der Waals surface area contributed by atoms with Crippen molar-refractivity contribution in [1.29, 1.82) is 0 Å². The van der Waals surface area contributed by atoms with Gasteiger partial charge in [-0.25, -0.2) is 4.98 Å². The van der Waals surface area contributed by atoms with Gasteiger partial charge in [-0.15, -0.1) is 11.3 Å². The van der Waals surface area contributed by atoms with Crippen LogP contribution in [0.2, 0.25) is 0 Å². The molecule has 1 aromatic carbocycles. The van der Waals surface area contributed by atoms with Crippen LogP contribution in [0.1, 0.15) is 62.2 Å². The van der Waals surface area contributed by atoms with Gasteiger partial charge in [0.25, 0.3) is 0 Å². The van der Waals surface area contributed by atoms with Gasteiger partial charge in [-0.1, -0.05) is 45.9 Å². The number of benzene rings is 1. The van der Waals surface area contributed by atoms with Crippen molar-refractivity contribution < 1.29 is 0 Å². The van der Waals surface area contributed by atoms with Gasteiger partial charge in [0.05, 0.1) is 5.01 Å². The van der Waals surface area contributed by atoms with E-state index in [2.05, 4.69) is 56.3 Å². The van der Waals surface area contributed by atoms with Crippen molar-refractivity contribution >= 4 is 11.3 Å². The molecule has 0 saturated heterocycles. The van der Waals surface area contributed by atoms with Crippen LogP contribution < -0.4 is 0 Å². The minimum atomic E-state index is 0.296. The molecule has 0 spiro atoms. The smallest absolute Gasteiger partial charge is 0.0928 e. The number of hydrogen-bond acceptors (Lipinski definition) is 2. The van der Waals surface area contributed by atoms with Crippen LogP contribution in [-0.4, -0.2) is 4.98 Å². The summed E-state index contributed by atoms with van der Waals surface area (Å²) in [7, 11) is 0. The highest BCUT2D eigenvalue weighted by molar-refractivity contribution is 7.09. The average molecular weight is 299 g/mol. The molecular weight excluding hydrogens is 274 g/mol. The molecule has 0 bridgehead atoms. The molecule has 2 aromatic rings. The van der Waals surface area contributed by atoms with Crippen molar-refractivity contribution in [2.45, 2.75) is 64.2 Å². The third-order valence-corrected chi connectivity index (χ3v) is 5.86. The predicted octanol–water partition coefficient (Wildman–Crippen LogP) is 5.28. The molecule has 0 amide bonds. The maximum Gasteiger partial charge on any atom is 0.0928 e. The summed E-state index contributed by atoms with van der Waals surface area (Å²) in [5, 5.41) is 3.32. The molecule has 2 heteroatoms. The zero-order chi connectivity index (χ0) is 15.1. The Bertz CT molecular complexity index is 623. The molecule has 0 fully saturated rings. The molecule has 1 aliphatic carbocycles. The Morgan fingerprint density at radius 3 is 2.52 bits per heavy atom. The van der Waals surface area contributed by atoms with Crippen LogP contribution in [0.25, 0.3) is 0 Å². The second-order valence-electron chi connectivity index (χ2n) is 7.53. The first kappa shape index (κ1) is 14.8. The fraction of sp³-hybridized carbons (Fsp3) is 0.526. The second-order valence-corrected chi connectivity index (χ2v) is 8.51. The number of aryl methyl sites for hydroxylation is 2. The fourth-order valence-corrected chi connectivity index (χ4v) is 4.29. The summed E-state index contributed by atoms with van der Waals surface area (Å²) in [6, 6.07) is 6.93. The number of thiazole rings is 1. The van der Waals surface area contributed by atoms with Crippen LogP contribution in [0.5, 0.6) is 0 Å². The summed E-state index contributed by atoms with van der Waals surface area (Å²) >= 11 is 1.77. The Kier molecular flexibility index (Phi) is 3.69. The second kappa shape index (κ2) is 5.24. The lowest BCUT2D eigenvalue weighted by atomic mass is 9.62. The van der Waals surface area contributed by atoms with Gasteiger partial charge in [0.15, 0.2) is 0 Å². The summed E-state index contributed by atoms with van der Waals surface area (Å²) in [6.45, 7) is 9.61. The van der Waals surface area contributed by atoms with Gasteiger partial charge in [-0.05, 0) is 46.8 Å². The highest BCUT2D eigenvalue weighted by Crippen LogP contribution is 2.47. The Balaban J connectivity index is 1.98. The van der Waals surface area contributed by atoms with E-state index in [1.807, 2.05) is 6.20 Å². The van der Waals surface area contributed by atoms with Crippen LogP contribution >= 0.6 is 11.3 Å². The lowest BCUT2D eigenvalue weighted by molar-refractivity contribution is 0.329. The zero-order valence-corrected chi connectivity index (χ0v) is 14.4. The van der Waals surface area contributed by atoms with Gasteiger partial charge >= 0.3 is 0 Å². The number of aromatic nitrogens is 1. The van der Waals surface area contributed by atoms with E-state index in [1.165, 1.54) is 23.4 Å². The zero-order valence-electron chi connectivity index (χ0n) is 13.6. The lowest BCUT2D eigenvalue weighted by Gasteiger charge is -2.43. The van der Waals surface area contributed by atoms with Gasteiger partial charge in [0, 0.05) is 18.0 Å². The number of nitrogens with zero attached hydrogens (tertiary/aromatic N) is 1. The molecule has 21 heavy (non-hydrogen) atoms. The first-order chi connectivity index (χ1) is 9.90. The maximum atomic E-state index is 4.43. The molecule has 0 aliphatic heterocycles. The summed E-state index contributed by atoms with van der Waals surface area (Å²) in [6.07, 6.45) is 6.64. The van der Waals surface area contributed by atoms with E-state index in [-0.39, 0.29) is 0 Å². The minimum Gasteiger partial charge on any atom is -0.250 e. The quantitative estimate of drug-likeness (QED) is 0.751. The van der Waals surface area contributed by atoms with Gasteiger partial charge in [0.1, 0.15) is 0 Å². The highest BCUT2D eigenvalue weighted by Gasteiger charge is 2.38. The van der Waals surface area contributed by atoms with E-state index in [4.69, 9.17) is 0 Å². The van der Waals surface area contributed by atoms with Crippen LogP contribution in [-0.2, 0) is 23.7 Å². The Labute approximate surface area is 132 Å². The monoisotopic (exact) mass is 299 g/mol. The van der Waals surface area contributed by atoms with Crippen LogP contribution in [0.15, 0.2) is 29.8 Å². The van der Waals surface area contributed by atoms with Crippen molar-refractivity contribution in [3.63, 3.8) is 0 Å². The molecule has 0 unspecified atom stereocenters. The third kappa shape index (κ3) is 2.78. The normalized spacial score (nSPS) is 19.2. The summed E-state index contributed by atoms with van der Waals surface area (Å²) in [5.41, 5.74) is 5.31. The van der Waals surface area contributed by atoms with Gasteiger partial charge in [-0.2, -0.15) is 0 Å². The minimum absolute atomic E-state index is 0.296. The molecule has 1 heterocycles. The Morgan fingerprint density at radius 1 is 1.05 bits per heavy atom. The largest absolute Gasteiger partial charge is 0.250 e. The maximum absolute atomic E-state index is 4.43. The van der Waals surface area contributed by atoms with Gasteiger partial charge in [0.2, 0.25) is 0 Å². The van der Waals surface area contributed by atoms with Crippen LogP contribution in [0.4, 0.5) is 0 Å². The van der Waals surface area contributed by atoms with E-state index in [0.29, 0.717) is 10.8 Å². The Hall–Kier alpha value is -1.15. The van der Waals surface area contributed by atoms with E-state index in [1.54, 1.807) is 22.5 Å². The Morgan fingerprint density at radius 2 is 1.81 bits per heavy atom. The number of rotatable bonds is 3. The fourth-order valence-electron chi connectivity index (χ4n) is 3.67. The van der Waals surface area contributed by atoms with E-state index in [9.17, 15) is 0 Å². The first-order valence-electron chi connectivity index (χ1n) is 7.91. The van der Waals surface area contributed by atoms with Gasteiger partial charge in [-0.3, -0.25) is 0 Å². The van der Waals surface area contributed by atoms with Crippen LogP contribution in [0, 0.1) is 0 Å². The molecule has 1 aliphatic rings. The van der Waals surface area contributed by atoms with Crippen molar-refractivity contribution in [2.24, 2.45) is 0 Å². The van der Waals surface area contributed by atoms with Crippen molar-refractivity contribution in [2.75, 3.05) is 0 Å². The molecule has 1 nitrogen and oxygen atoms in total. The summed E-state index contributed by atoms with van der Waals surface area (Å²) in [5.74, 6) is 0. The average Bonchev–Trinajstić information content (AvgIpc) is 2.95. The topological polar surface area (TPSA) is 12.9 Å². The van der Waals surface area contributed by atoms with Crippen molar-refractivity contribution in [1.82, 2.24) is 4.98 Å². The molecule has 0 atom stereocenters. The molecule has 0 saturated carbocycles. The summed E-state index contributed by atoms with van der Waals surface area (Å²) in [4.78, 5) is 4.43. The molecule has 3 rings (SSSR count). The van der Waals surface area contributed by atoms with Crippen LogP contribution in [0.3, 0.4) is 0 Å². The summed E-state index contributed by atoms with van der Waals surface area (Å²) < 4.78 is 0. The highest BCUT2D eigenvalue weighted by atomic mass is 32.1. The van der Waals surface area contributed by atoms with Crippen molar-refractivity contribution in [3.05, 3.63) is 51.5 Å². The molecular formula is C19H25NS. The standard InChI is InChI=1S/C19H25NS/c1-18(2)10-11-19(3,4)17-14(6-5-7-15(17)18)8-9-16-20-12-13-21-16/h5-7,12-13H,8-11H2,1-4H3. The first-order valence-corrected chi connectivity index (χ1v) is 8.79. The van der Waals surface area contributed by atoms with E-state index >= 15 is 0 Å². The molecule has 112 valence electrons. The molecule has 1 aromatic heterocycles. The third-order valence-electron chi connectivity index (χ3n) is 5.02. The number of hydrogen-bond donors (Lipinski definition) is 0. The molecule has 0 N–H and O–H groups in total.